The lowest BCUT2D eigenvalue weighted by molar-refractivity contribution is -0.119. The first kappa shape index (κ1) is 16.4. The summed E-state index contributed by atoms with van der Waals surface area (Å²) in [5, 5.41) is 2.58. The summed E-state index contributed by atoms with van der Waals surface area (Å²) in [6.45, 7) is 2.87. The first-order valence-electron chi connectivity index (χ1n) is 6.96. The van der Waals surface area contributed by atoms with Crippen LogP contribution in [0.15, 0.2) is 42.6 Å². The molecule has 6 heteroatoms. The van der Waals surface area contributed by atoms with Gasteiger partial charge < -0.3 is 10.1 Å². The van der Waals surface area contributed by atoms with Gasteiger partial charge in [-0.1, -0.05) is 0 Å². The molecule has 23 heavy (non-hydrogen) atoms. The molecule has 0 spiro atoms. The van der Waals surface area contributed by atoms with Gasteiger partial charge in [-0.05, 0) is 50.2 Å². The molecular weight excluding hydrogens is 296 g/mol. The number of nitrogens with zero attached hydrogens (tertiary/aromatic N) is 1. The Hall–Kier alpha value is -3.02. The quantitative estimate of drug-likeness (QED) is 0.677. The van der Waals surface area contributed by atoms with Crippen LogP contribution in [0.4, 0.5) is 5.69 Å². The Morgan fingerprint density at radius 1 is 1.04 bits per heavy atom. The summed E-state index contributed by atoms with van der Waals surface area (Å²) in [5.41, 5.74) is 2.15. The molecule has 0 unspecified atom stereocenters. The summed E-state index contributed by atoms with van der Waals surface area (Å²) < 4.78 is 4.92. The smallest absolute Gasteiger partial charge is 0.340 e. The lowest BCUT2D eigenvalue weighted by Crippen LogP contribution is -2.21. The molecule has 2 aromatic rings. The number of anilines is 1. The first-order valence-corrected chi connectivity index (χ1v) is 6.96. The van der Waals surface area contributed by atoms with Gasteiger partial charge in [0.2, 0.25) is 0 Å². The number of rotatable bonds is 5. The van der Waals surface area contributed by atoms with Crippen molar-refractivity contribution in [3.05, 3.63) is 59.4 Å². The summed E-state index contributed by atoms with van der Waals surface area (Å²) in [4.78, 5) is 38.7. The molecule has 0 fully saturated rings. The number of carbonyl (C=O) groups is 3. The number of Topliss-reactive ketones (excluding diaryl/α,β-unsaturated/α-hetero) is 1. The van der Waals surface area contributed by atoms with E-state index in [1.54, 1.807) is 43.3 Å². The highest BCUT2D eigenvalue weighted by molar-refractivity contribution is 5.97. The largest absolute Gasteiger partial charge is 0.452 e. The molecule has 6 nitrogen and oxygen atoms in total. The number of aromatic nitrogens is 1. The van der Waals surface area contributed by atoms with Crippen LogP contribution in [-0.4, -0.2) is 29.3 Å². The Balaban J connectivity index is 1.86. The van der Waals surface area contributed by atoms with Crippen LogP contribution in [0, 0.1) is 6.92 Å². The van der Waals surface area contributed by atoms with Crippen molar-refractivity contribution in [2.75, 3.05) is 11.9 Å². The normalized spacial score (nSPS) is 10.0. The third-order valence-electron chi connectivity index (χ3n) is 3.06. The minimum atomic E-state index is -0.612. The van der Waals surface area contributed by atoms with Crippen molar-refractivity contribution in [2.45, 2.75) is 13.8 Å². The van der Waals surface area contributed by atoms with Gasteiger partial charge in [-0.2, -0.15) is 0 Å². The van der Waals surface area contributed by atoms with E-state index in [2.05, 4.69) is 10.3 Å². The van der Waals surface area contributed by atoms with Crippen LogP contribution in [-0.2, 0) is 9.53 Å². The van der Waals surface area contributed by atoms with Gasteiger partial charge in [0.25, 0.3) is 5.91 Å². The molecule has 1 N–H and O–H groups in total. The van der Waals surface area contributed by atoms with Gasteiger partial charge >= 0.3 is 5.97 Å². The number of nitrogens with one attached hydrogen (secondary N) is 1. The zero-order valence-corrected chi connectivity index (χ0v) is 12.8. The molecule has 118 valence electrons. The number of aryl methyl sites for hydroxylation is 1. The molecule has 0 aliphatic heterocycles. The number of carbonyl (C=O) groups excluding carboxylic acids is 3. The van der Waals surface area contributed by atoms with Crippen LogP contribution >= 0.6 is 0 Å². The fourth-order valence-electron chi connectivity index (χ4n) is 1.79. The molecule has 0 aliphatic carbocycles. The average molecular weight is 312 g/mol. The zero-order chi connectivity index (χ0) is 16.8. The first-order chi connectivity index (χ1) is 11.0. The van der Waals surface area contributed by atoms with E-state index in [1.165, 1.54) is 13.1 Å². The molecular formula is C17H16N2O4. The van der Waals surface area contributed by atoms with Gasteiger partial charge in [0.05, 0.1) is 5.56 Å². The Labute approximate surface area is 133 Å². The maximum Gasteiger partial charge on any atom is 0.340 e. The Morgan fingerprint density at radius 3 is 2.26 bits per heavy atom. The standard InChI is InChI=1S/C17H16N2O4/c1-11-3-4-14(9-18-11)17(22)23-10-16(21)19-15-7-5-13(6-8-15)12(2)20/h3-9H,10H2,1-2H3,(H,19,21). The molecule has 1 amide bonds. The van der Waals surface area contributed by atoms with Gasteiger partial charge in [-0.25, -0.2) is 4.79 Å². The Morgan fingerprint density at radius 2 is 1.70 bits per heavy atom. The zero-order valence-electron chi connectivity index (χ0n) is 12.8. The monoisotopic (exact) mass is 312 g/mol. The number of ether oxygens (including phenoxy) is 1. The van der Waals surface area contributed by atoms with Crippen molar-refractivity contribution in [1.82, 2.24) is 4.98 Å². The van der Waals surface area contributed by atoms with Crippen molar-refractivity contribution in [2.24, 2.45) is 0 Å². The topological polar surface area (TPSA) is 85.4 Å². The highest BCUT2D eigenvalue weighted by Gasteiger charge is 2.10. The maximum absolute atomic E-state index is 11.8. The predicted molar refractivity (Wildman–Crippen MR) is 84.3 cm³/mol. The highest BCUT2D eigenvalue weighted by atomic mass is 16.5. The van der Waals surface area contributed by atoms with E-state index in [0.717, 1.165) is 5.69 Å². The Kier molecular flexibility index (Phi) is 5.19. The fourth-order valence-corrected chi connectivity index (χ4v) is 1.79. The van der Waals surface area contributed by atoms with Crippen LogP contribution in [0.1, 0.15) is 33.3 Å². The van der Waals surface area contributed by atoms with Crippen molar-refractivity contribution in [3.63, 3.8) is 0 Å². The molecule has 0 bridgehead atoms. The average Bonchev–Trinajstić information content (AvgIpc) is 2.54. The second-order valence-electron chi connectivity index (χ2n) is 4.95. The van der Waals surface area contributed by atoms with Crippen LogP contribution < -0.4 is 5.32 Å². The molecule has 1 aromatic carbocycles. The number of esters is 1. The SMILES string of the molecule is CC(=O)c1ccc(NC(=O)COC(=O)c2ccc(C)nc2)cc1. The number of benzene rings is 1. The van der Waals surface area contributed by atoms with Crippen LogP contribution in [0.5, 0.6) is 0 Å². The van der Waals surface area contributed by atoms with Gasteiger partial charge in [0.1, 0.15) is 0 Å². The molecule has 0 atom stereocenters. The highest BCUT2D eigenvalue weighted by Crippen LogP contribution is 2.10. The Bertz CT molecular complexity index is 721. The maximum atomic E-state index is 11.8. The van der Waals surface area contributed by atoms with E-state index >= 15 is 0 Å². The van der Waals surface area contributed by atoms with Gasteiger partial charge in [-0.15, -0.1) is 0 Å². The lowest BCUT2D eigenvalue weighted by Gasteiger charge is -2.07. The fraction of sp³-hybridized carbons (Fsp3) is 0.176. The van der Waals surface area contributed by atoms with Crippen LogP contribution in [0.3, 0.4) is 0 Å². The minimum Gasteiger partial charge on any atom is -0.452 e. The predicted octanol–water partition coefficient (Wildman–Crippen LogP) is 2.39. The van der Waals surface area contributed by atoms with Gasteiger partial charge in [0, 0.05) is 23.1 Å². The summed E-state index contributed by atoms with van der Waals surface area (Å²) >= 11 is 0. The third-order valence-corrected chi connectivity index (χ3v) is 3.06. The van der Waals surface area contributed by atoms with Crippen molar-refractivity contribution in [1.29, 1.82) is 0 Å². The summed E-state index contributed by atoms with van der Waals surface area (Å²) in [5.74, 6) is -1.13. The molecule has 0 saturated heterocycles. The minimum absolute atomic E-state index is 0.0523. The number of amides is 1. The lowest BCUT2D eigenvalue weighted by atomic mass is 10.1. The van der Waals surface area contributed by atoms with E-state index in [-0.39, 0.29) is 11.3 Å². The van der Waals surface area contributed by atoms with E-state index in [1.807, 2.05) is 0 Å². The third kappa shape index (κ3) is 4.74. The van der Waals surface area contributed by atoms with E-state index < -0.39 is 18.5 Å². The summed E-state index contributed by atoms with van der Waals surface area (Å²) in [6.07, 6.45) is 1.40. The molecule has 0 saturated carbocycles. The molecule has 0 radical (unpaired) electrons. The second kappa shape index (κ2) is 7.31. The van der Waals surface area contributed by atoms with Gasteiger partial charge in [0.15, 0.2) is 12.4 Å². The molecule has 1 aromatic heterocycles. The van der Waals surface area contributed by atoms with E-state index in [4.69, 9.17) is 4.74 Å². The second-order valence-corrected chi connectivity index (χ2v) is 4.95. The van der Waals surface area contributed by atoms with Crippen molar-refractivity contribution < 1.29 is 19.1 Å². The molecule has 0 aliphatic rings. The van der Waals surface area contributed by atoms with Crippen LogP contribution in [0.25, 0.3) is 0 Å². The molecule has 1 heterocycles. The van der Waals surface area contributed by atoms with Crippen LogP contribution in [0.2, 0.25) is 0 Å². The summed E-state index contributed by atoms with van der Waals surface area (Å²) in [6, 6.07) is 9.72. The van der Waals surface area contributed by atoms with E-state index in [0.29, 0.717) is 11.3 Å². The van der Waals surface area contributed by atoms with Crippen molar-refractivity contribution in [3.8, 4) is 0 Å². The molecule has 2 rings (SSSR count). The summed E-state index contributed by atoms with van der Waals surface area (Å²) in [7, 11) is 0. The number of pyridine rings is 1. The van der Waals surface area contributed by atoms with Gasteiger partial charge in [-0.3, -0.25) is 14.6 Å². The van der Waals surface area contributed by atoms with E-state index in [9.17, 15) is 14.4 Å². The van der Waals surface area contributed by atoms with Crippen molar-refractivity contribution >= 4 is 23.3 Å². The number of ketones is 1. The number of hydrogen-bond acceptors (Lipinski definition) is 5. The number of hydrogen-bond donors (Lipinski definition) is 1.